The normalized spacial score (nSPS) is 11.8. The number of halogens is 1. The van der Waals surface area contributed by atoms with Crippen molar-refractivity contribution in [2.45, 2.75) is 0 Å². The summed E-state index contributed by atoms with van der Waals surface area (Å²) in [5.74, 6) is 0. The maximum absolute atomic E-state index is 6.71. The Morgan fingerprint density at radius 1 is 0.579 bits per heavy atom. The molecule has 0 atom stereocenters. The highest BCUT2D eigenvalue weighted by atomic mass is 35.5. The van der Waals surface area contributed by atoms with Gasteiger partial charge >= 0.3 is 0 Å². The fourth-order valence-electron chi connectivity index (χ4n) is 5.63. The quantitative estimate of drug-likeness (QED) is 0.228. The van der Waals surface area contributed by atoms with Gasteiger partial charge in [0, 0.05) is 42.3 Å². The summed E-state index contributed by atoms with van der Waals surface area (Å²) >= 11 is 8.50. The van der Waals surface area contributed by atoms with Crippen LogP contribution in [0.3, 0.4) is 0 Å². The van der Waals surface area contributed by atoms with Gasteiger partial charge in [-0.05, 0) is 53.9 Å². The Morgan fingerprint density at radius 3 is 2.24 bits per heavy atom. The van der Waals surface area contributed by atoms with Crippen molar-refractivity contribution in [2.75, 3.05) is 4.90 Å². The van der Waals surface area contributed by atoms with Crippen molar-refractivity contribution in [3.8, 4) is 0 Å². The number of fused-ring (bicyclic) bond motifs is 7. The van der Waals surface area contributed by atoms with Crippen molar-refractivity contribution in [2.24, 2.45) is 0 Å². The standard InChI is InChI=1S/C34H20ClNOS/c35-27-13-7-17-32-33(27)25-12-6-15-29(34(25)38-32)36(28-14-5-9-21-8-1-2-10-23(21)28)22-18-19-31-26(20-22)24-11-3-4-16-30(24)37-31/h1-20H. The molecule has 0 saturated heterocycles. The van der Waals surface area contributed by atoms with E-state index in [-0.39, 0.29) is 0 Å². The summed E-state index contributed by atoms with van der Waals surface area (Å²) in [7, 11) is 0. The molecular formula is C34H20ClNOS. The van der Waals surface area contributed by atoms with Crippen molar-refractivity contribution in [3.05, 3.63) is 126 Å². The second kappa shape index (κ2) is 8.35. The zero-order valence-electron chi connectivity index (χ0n) is 20.2. The zero-order chi connectivity index (χ0) is 25.2. The van der Waals surface area contributed by atoms with Crippen molar-refractivity contribution in [1.29, 1.82) is 0 Å². The van der Waals surface area contributed by atoms with Crippen LogP contribution in [0.4, 0.5) is 17.1 Å². The molecule has 0 saturated carbocycles. The number of hydrogen-bond donors (Lipinski definition) is 0. The van der Waals surface area contributed by atoms with Crippen LogP contribution in [0.1, 0.15) is 0 Å². The van der Waals surface area contributed by atoms with Crippen LogP contribution in [0.5, 0.6) is 0 Å². The van der Waals surface area contributed by atoms with Gasteiger partial charge in [0.05, 0.1) is 16.1 Å². The second-order valence-electron chi connectivity index (χ2n) is 9.48. The van der Waals surface area contributed by atoms with Gasteiger partial charge in [0.25, 0.3) is 0 Å². The minimum atomic E-state index is 0.786. The first-order valence-corrected chi connectivity index (χ1v) is 13.7. The van der Waals surface area contributed by atoms with Crippen LogP contribution < -0.4 is 4.90 Å². The van der Waals surface area contributed by atoms with Gasteiger partial charge in [0.15, 0.2) is 0 Å². The van der Waals surface area contributed by atoms with E-state index in [1.807, 2.05) is 24.3 Å². The Kier molecular flexibility index (Phi) is 4.78. The predicted molar refractivity (Wildman–Crippen MR) is 164 cm³/mol. The van der Waals surface area contributed by atoms with Gasteiger partial charge < -0.3 is 9.32 Å². The molecular weight excluding hydrogens is 506 g/mol. The molecule has 180 valence electrons. The van der Waals surface area contributed by atoms with E-state index in [9.17, 15) is 0 Å². The maximum atomic E-state index is 6.71. The molecule has 8 aromatic rings. The van der Waals surface area contributed by atoms with E-state index in [1.54, 1.807) is 11.3 Å². The van der Waals surface area contributed by atoms with Gasteiger partial charge in [0.2, 0.25) is 0 Å². The van der Waals surface area contributed by atoms with E-state index >= 15 is 0 Å². The Hall–Kier alpha value is -4.31. The average Bonchev–Trinajstić information content (AvgIpc) is 3.53. The van der Waals surface area contributed by atoms with E-state index in [4.69, 9.17) is 16.0 Å². The van der Waals surface area contributed by atoms with Crippen LogP contribution in [0.15, 0.2) is 126 Å². The van der Waals surface area contributed by atoms with Gasteiger partial charge in [-0.15, -0.1) is 11.3 Å². The lowest BCUT2D eigenvalue weighted by Crippen LogP contribution is -2.10. The molecule has 0 aliphatic rings. The number of rotatable bonds is 3. The highest BCUT2D eigenvalue weighted by molar-refractivity contribution is 7.26. The first-order chi connectivity index (χ1) is 18.8. The number of thiophene rings is 1. The van der Waals surface area contributed by atoms with Crippen molar-refractivity contribution >= 4 is 92.9 Å². The molecule has 2 aromatic heterocycles. The lowest BCUT2D eigenvalue weighted by Gasteiger charge is -2.27. The summed E-state index contributed by atoms with van der Waals surface area (Å²) < 4.78 is 8.56. The minimum absolute atomic E-state index is 0.786. The number of hydrogen-bond acceptors (Lipinski definition) is 3. The molecule has 0 N–H and O–H groups in total. The predicted octanol–water partition coefficient (Wildman–Crippen LogP) is 11.2. The fourth-order valence-corrected chi connectivity index (χ4v) is 7.19. The fraction of sp³-hybridized carbons (Fsp3) is 0. The number of para-hydroxylation sites is 1. The highest BCUT2D eigenvalue weighted by Gasteiger charge is 2.21. The van der Waals surface area contributed by atoms with Crippen LogP contribution >= 0.6 is 22.9 Å². The van der Waals surface area contributed by atoms with Crippen molar-refractivity contribution in [3.63, 3.8) is 0 Å². The van der Waals surface area contributed by atoms with Gasteiger partial charge in [-0.2, -0.15) is 0 Å². The average molecular weight is 526 g/mol. The van der Waals surface area contributed by atoms with Gasteiger partial charge in [-0.3, -0.25) is 0 Å². The molecule has 0 aliphatic heterocycles. The molecule has 0 radical (unpaired) electrons. The highest BCUT2D eigenvalue weighted by Crippen LogP contribution is 2.48. The molecule has 0 fully saturated rings. The molecule has 0 amide bonds. The third kappa shape index (κ3) is 3.19. The van der Waals surface area contributed by atoms with Gasteiger partial charge in [-0.25, -0.2) is 0 Å². The Balaban J connectivity index is 1.48. The topological polar surface area (TPSA) is 16.4 Å². The van der Waals surface area contributed by atoms with Crippen LogP contribution in [0.2, 0.25) is 5.02 Å². The summed E-state index contributed by atoms with van der Waals surface area (Å²) in [6.07, 6.45) is 0. The SMILES string of the molecule is Clc1cccc2sc3c(N(c4ccc5oc6ccccc6c5c4)c4cccc5ccccc45)cccc3c12. The van der Waals surface area contributed by atoms with E-state index < -0.39 is 0 Å². The van der Waals surface area contributed by atoms with Crippen molar-refractivity contribution in [1.82, 2.24) is 0 Å². The Bertz CT molecular complexity index is 2170. The summed E-state index contributed by atoms with van der Waals surface area (Å²) in [5.41, 5.74) is 5.13. The number of nitrogens with zero attached hydrogens (tertiary/aromatic N) is 1. The number of anilines is 3. The van der Waals surface area contributed by atoms with Gasteiger partial charge in [-0.1, -0.05) is 84.4 Å². The third-order valence-corrected chi connectivity index (χ3v) is 8.83. The van der Waals surface area contributed by atoms with Crippen LogP contribution in [0.25, 0.3) is 52.9 Å². The van der Waals surface area contributed by atoms with Crippen LogP contribution in [0, 0.1) is 0 Å². The van der Waals surface area contributed by atoms with Crippen molar-refractivity contribution < 1.29 is 4.42 Å². The van der Waals surface area contributed by atoms with E-state index in [0.717, 1.165) is 49.4 Å². The van der Waals surface area contributed by atoms with E-state index in [2.05, 4.69) is 102 Å². The molecule has 2 nitrogen and oxygen atoms in total. The smallest absolute Gasteiger partial charge is 0.135 e. The largest absolute Gasteiger partial charge is 0.456 e. The third-order valence-electron chi connectivity index (χ3n) is 7.32. The minimum Gasteiger partial charge on any atom is -0.456 e. The molecule has 0 aliphatic carbocycles. The summed E-state index contributed by atoms with van der Waals surface area (Å²) in [6, 6.07) is 42.5. The lowest BCUT2D eigenvalue weighted by molar-refractivity contribution is 0.669. The molecule has 0 spiro atoms. The van der Waals surface area contributed by atoms with Crippen LogP contribution in [-0.4, -0.2) is 0 Å². The maximum Gasteiger partial charge on any atom is 0.135 e. The first kappa shape index (κ1) is 21.7. The summed E-state index contributed by atoms with van der Waals surface area (Å²) in [6.45, 7) is 0. The van der Waals surface area contributed by atoms with Crippen LogP contribution in [-0.2, 0) is 0 Å². The number of benzene rings is 6. The summed E-state index contributed by atoms with van der Waals surface area (Å²) in [4.78, 5) is 2.38. The molecule has 4 heteroatoms. The zero-order valence-corrected chi connectivity index (χ0v) is 21.8. The van der Waals surface area contributed by atoms with E-state index in [1.165, 1.54) is 25.6 Å². The number of furan rings is 1. The van der Waals surface area contributed by atoms with E-state index in [0.29, 0.717) is 0 Å². The molecule has 38 heavy (non-hydrogen) atoms. The monoisotopic (exact) mass is 525 g/mol. The second-order valence-corrected chi connectivity index (χ2v) is 10.9. The molecule has 8 rings (SSSR count). The Morgan fingerprint density at radius 2 is 1.29 bits per heavy atom. The molecule has 2 heterocycles. The van der Waals surface area contributed by atoms with Gasteiger partial charge in [0.1, 0.15) is 11.2 Å². The lowest BCUT2D eigenvalue weighted by atomic mass is 10.0. The molecule has 6 aromatic carbocycles. The first-order valence-electron chi connectivity index (χ1n) is 12.6. The Labute approximate surface area is 227 Å². The summed E-state index contributed by atoms with van der Waals surface area (Å²) in [5, 5.41) is 7.70. The molecule has 0 bridgehead atoms. The molecule has 0 unspecified atom stereocenters.